The normalized spacial score (nSPS) is 14.9. The lowest BCUT2D eigenvalue weighted by Gasteiger charge is -2.17. The number of nitriles is 1. The van der Waals surface area contributed by atoms with Crippen LogP contribution in [-0.4, -0.2) is 26.9 Å². The van der Waals surface area contributed by atoms with Crippen molar-refractivity contribution < 1.29 is 22.7 Å². The van der Waals surface area contributed by atoms with Gasteiger partial charge >= 0.3 is 5.97 Å². The number of fused-ring (bicyclic) bond motifs is 1. The standard InChI is InChI=1S/C25H23N3O5S2/c1-16-7-12-20-21(14-26)24(34-22(20)13-16)27-23(29)15-33-25(30)17-8-10-19(11-9-17)35(31,32)28-18-5-3-2-4-6-18/h2-6,8-11,16,28H,7,12-13,15H2,1H3,(H,27,29)/t16-/m0/s1. The van der Waals surface area contributed by atoms with Gasteiger partial charge in [0.2, 0.25) is 0 Å². The number of para-hydroxylation sites is 1. The zero-order valence-electron chi connectivity index (χ0n) is 18.9. The van der Waals surface area contributed by atoms with E-state index in [1.165, 1.54) is 35.6 Å². The predicted octanol–water partition coefficient (Wildman–Crippen LogP) is 4.34. The van der Waals surface area contributed by atoms with Crippen LogP contribution in [0.4, 0.5) is 10.7 Å². The van der Waals surface area contributed by atoms with Crippen LogP contribution in [0.25, 0.3) is 0 Å². The van der Waals surface area contributed by atoms with Gasteiger partial charge in [-0.1, -0.05) is 25.1 Å². The van der Waals surface area contributed by atoms with E-state index in [0.717, 1.165) is 29.7 Å². The zero-order valence-corrected chi connectivity index (χ0v) is 20.5. The van der Waals surface area contributed by atoms with Gasteiger partial charge in [-0.05, 0) is 67.1 Å². The maximum Gasteiger partial charge on any atom is 0.338 e. The number of thiophene rings is 1. The van der Waals surface area contributed by atoms with Crippen molar-refractivity contribution in [1.82, 2.24) is 0 Å². The second-order valence-electron chi connectivity index (χ2n) is 8.29. The Balaban J connectivity index is 1.35. The van der Waals surface area contributed by atoms with Crippen LogP contribution in [0.1, 0.15) is 39.7 Å². The van der Waals surface area contributed by atoms with E-state index >= 15 is 0 Å². The number of carbonyl (C=O) groups excluding carboxylic acids is 2. The molecule has 1 amide bonds. The number of hydrogen-bond acceptors (Lipinski definition) is 7. The topological polar surface area (TPSA) is 125 Å². The summed E-state index contributed by atoms with van der Waals surface area (Å²) < 4.78 is 32.6. The Morgan fingerprint density at radius 2 is 1.86 bits per heavy atom. The van der Waals surface area contributed by atoms with E-state index in [1.54, 1.807) is 30.3 Å². The Morgan fingerprint density at radius 3 is 2.54 bits per heavy atom. The van der Waals surface area contributed by atoms with Crippen LogP contribution in [0.5, 0.6) is 0 Å². The molecule has 180 valence electrons. The minimum Gasteiger partial charge on any atom is -0.452 e. The number of carbonyl (C=O) groups is 2. The molecule has 1 heterocycles. The van der Waals surface area contributed by atoms with Gasteiger partial charge in [-0.15, -0.1) is 11.3 Å². The molecule has 2 N–H and O–H groups in total. The fourth-order valence-electron chi connectivity index (χ4n) is 3.82. The second kappa shape index (κ2) is 10.3. The van der Waals surface area contributed by atoms with Crippen molar-refractivity contribution in [3.8, 4) is 6.07 Å². The van der Waals surface area contributed by atoms with Crippen LogP contribution in [0.3, 0.4) is 0 Å². The van der Waals surface area contributed by atoms with Crippen molar-refractivity contribution in [2.45, 2.75) is 31.1 Å². The SMILES string of the molecule is C[C@H]1CCc2c(sc(NC(=O)COC(=O)c3ccc(S(=O)(=O)Nc4ccccc4)cc3)c2C#N)C1. The molecule has 0 aliphatic heterocycles. The van der Waals surface area contributed by atoms with Gasteiger partial charge < -0.3 is 10.1 Å². The van der Waals surface area contributed by atoms with Crippen molar-refractivity contribution in [2.75, 3.05) is 16.6 Å². The molecule has 0 bridgehead atoms. The molecule has 0 fully saturated rings. The summed E-state index contributed by atoms with van der Waals surface area (Å²) in [5.74, 6) is -0.777. The number of sulfonamides is 1. The van der Waals surface area contributed by atoms with Crippen molar-refractivity contribution in [2.24, 2.45) is 5.92 Å². The number of esters is 1. The van der Waals surface area contributed by atoms with Gasteiger partial charge in [-0.25, -0.2) is 13.2 Å². The second-order valence-corrected chi connectivity index (χ2v) is 11.1. The van der Waals surface area contributed by atoms with Crippen LogP contribution >= 0.6 is 11.3 Å². The summed E-state index contributed by atoms with van der Waals surface area (Å²) in [6.45, 7) is 1.63. The molecule has 1 aliphatic rings. The Morgan fingerprint density at radius 1 is 1.14 bits per heavy atom. The quantitative estimate of drug-likeness (QED) is 0.457. The molecule has 0 saturated heterocycles. The third-order valence-corrected chi connectivity index (χ3v) is 8.20. The number of nitrogens with one attached hydrogen (secondary N) is 2. The average molecular weight is 510 g/mol. The van der Waals surface area contributed by atoms with Gasteiger partial charge in [0.25, 0.3) is 15.9 Å². The van der Waals surface area contributed by atoms with E-state index in [9.17, 15) is 23.3 Å². The summed E-state index contributed by atoms with van der Waals surface area (Å²) in [4.78, 5) is 25.8. The number of rotatable bonds is 7. The van der Waals surface area contributed by atoms with Gasteiger partial charge in [-0.2, -0.15) is 5.26 Å². The largest absolute Gasteiger partial charge is 0.452 e. The Bertz CT molecular complexity index is 1390. The Labute approximate surface area is 207 Å². The van der Waals surface area contributed by atoms with Crippen LogP contribution in [-0.2, 0) is 32.4 Å². The molecule has 35 heavy (non-hydrogen) atoms. The van der Waals surface area contributed by atoms with Crippen molar-refractivity contribution in [3.63, 3.8) is 0 Å². The van der Waals surface area contributed by atoms with E-state index in [2.05, 4.69) is 23.0 Å². The molecule has 1 atom stereocenters. The van der Waals surface area contributed by atoms with Gasteiger partial charge in [-0.3, -0.25) is 9.52 Å². The molecule has 8 nitrogen and oxygen atoms in total. The third kappa shape index (κ3) is 5.70. The minimum absolute atomic E-state index is 0.0179. The molecule has 1 aliphatic carbocycles. The third-order valence-electron chi connectivity index (χ3n) is 5.64. The number of anilines is 2. The molecular weight excluding hydrogens is 486 g/mol. The molecule has 2 aromatic carbocycles. The van der Waals surface area contributed by atoms with Gasteiger partial charge in [0.1, 0.15) is 11.1 Å². The fraction of sp³-hybridized carbons (Fsp3) is 0.240. The summed E-state index contributed by atoms with van der Waals surface area (Å²) >= 11 is 1.40. The van der Waals surface area contributed by atoms with Gasteiger partial charge in [0.15, 0.2) is 6.61 Å². The summed E-state index contributed by atoms with van der Waals surface area (Å²) in [5, 5.41) is 12.7. The zero-order chi connectivity index (χ0) is 25.0. The highest BCUT2D eigenvalue weighted by atomic mass is 32.2. The van der Waals surface area contributed by atoms with Crippen LogP contribution in [0, 0.1) is 17.2 Å². The van der Waals surface area contributed by atoms with Crippen molar-refractivity contribution in [3.05, 3.63) is 76.2 Å². The first kappa shape index (κ1) is 24.4. The molecule has 1 aromatic heterocycles. The van der Waals surface area contributed by atoms with Crippen LogP contribution in [0.2, 0.25) is 0 Å². The lowest BCUT2D eigenvalue weighted by atomic mass is 9.89. The maximum absolute atomic E-state index is 12.5. The van der Waals surface area contributed by atoms with Crippen molar-refractivity contribution in [1.29, 1.82) is 5.26 Å². The molecule has 0 spiro atoms. The average Bonchev–Trinajstić information content (AvgIpc) is 3.18. The number of ether oxygens (including phenoxy) is 1. The molecule has 0 radical (unpaired) electrons. The van der Waals surface area contributed by atoms with E-state index in [0.29, 0.717) is 22.2 Å². The number of amides is 1. The smallest absolute Gasteiger partial charge is 0.338 e. The lowest BCUT2D eigenvalue weighted by molar-refractivity contribution is -0.119. The van der Waals surface area contributed by atoms with Crippen LogP contribution < -0.4 is 10.0 Å². The van der Waals surface area contributed by atoms with Gasteiger partial charge in [0, 0.05) is 10.6 Å². The van der Waals surface area contributed by atoms with Crippen molar-refractivity contribution >= 4 is 43.9 Å². The summed E-state index contributed by atoms with van der Waals surface area (Å²) in [6, 6.07) is 15.8. The van der Waals surface area contributed by atoms with Gasteiger partial charge in [0.05, 0.1) is 16.0 Å². The first-order valence-corrected chi connectivity index (χ1v) is 13.3. The first-order chi connectivity index (χ1) is 16.8. The molecule has 0 saturated carbocycles. The number of benzene rings is 2. The lowest BCUT2D eigenvalue weighted by Crippen LogP contribution is -2.21. The minimum atomic E-state index is -3.82. The maximum atomic E-state index is 12.5. The predicted molar refractivity (Wildman–Crippen MR) is 133 cm³/mol. The Kier molecular flexibility index (Phi) is 7.19. The monoisotopic (exact) mass is 509 g/mol. The van der Waals surface area contributed by atoms with E-state index in [-0.39, 0.29) is 10.5 Å². The molecular formula is C25H23N3O5S2. The number of hydrogen-bond donors (Lipinski definition) is 2. The summed E-state index contributed by atoms with van der Waals surface area (Å²) in [6.07, 6.45) is 2.70. The van der Waals surface area contributed by atoms with E-state index in [4.69, 9.17) is 4.74 Å². The highest BCUT2D eigenvalue weighted by molar-refractivity contribution is 7.92. The Hall–Kier alpha value is -3.68. The molecule has 4 rings (SSSR count). The molecule has 0 unspecified atom stereocenters. The van der Waals surface area contributed by atoms with Crippen LogP contribution in [0.15, 0.2) is 59.5 Å². The molecule has 10 heteroatoms. The highest BCUT2D eigenvalue weighted by Gasteiger charge is 2.25. The molecule has 3 aromatic rings. The summed E-state index contributed by atoms with van der Waals surface area (Å²) in [7, 11) is -3.82. The fourth-order valence-corrected chi connectivity index (χ4v) is 6.26. The summed E-state index contributed by atoms with van der Waals surface area (Å²) in [5.41, 5.74) is 2.01. The highest BCUT2D eigenvalue weighted by Crippen LogP contribution is 2.39. The first-order valence-electron chi connectivity index (χ1n) is 11.0. The van der Waals surface area contributed by atoms with E-state index < -0.39 is 28.5 Å². The number of nitrogens with zero attached hydrogens (tertiary/aromatic N) is 1. The van der Waals surface area contributed by atoms with E-state index in [1.807, 2.05) is 0 Å².